The minimum atomic E-state index is -1.26. The lowest BCUT2D eigenvalue weighted by Gasteiger charge is -2.29. The molecule has 0 saturated carbocycles. The number of carboxylic acids is 4. The van der Waals surface area contributed by atoms with Crippen molar-refractivity contribution < 1.29 is 68.7 Å². The van der Waals surface area contributed by atoms with Crippen LogP contribution in [-0.4, -0.2) is 159 Å². The Morgan fingerprint density at radius 2 is 1.19 bits per heavy atom. The number of benzene rings is 2. The predicted octanol–water partition coefficient (Wildman–Crippen LogP) is -0.153. The van der Waals surface area contributed by atoms with Gasteiger partial charge in [0.2, 0.25) is 23.6 Å². The summed E-state index contributed by atoms with van der Waals surface area (Å²) in [4.78, 5) is 102. The molecule has 0 unspecified atom stereocenters. The number of nitrogens with one attached hydrogen (secondary N) is 4. The average molecular weight is 886 g/mol. The third-order valence-electron chi connectivity index (χ3n) is 10.2. The van der Waals surface area contributed by atoms with Crippen molar-refractivity contribution in [1.29, 1.82) is 0 Å². The average Bonchev–Trinajstić information content (AvgIpc) is 3.21. The van der Waals surface area contributed by atoms with Crippen molar-refractivity contribution in [2.75, 3.05) is 65.5 Å². The van der Waals surface area contributed by atoms with Crippen LogP contribution in [0.1, 0.15) is 49.8 Å². The second kappa shape index (κ2) is 26.3. The van der Waals surface area contributed by atoms with Crippen LogP contribution in [-0.2, 0) is 57.9 Å². The fourth-order valence-corrected chi connectivity index (χ4v) is 7.07. The van der Waals surface area contributed by atoms with Crippen molar-refractivity contribution in [3.05, 3.63) is 65.2 Å². The van der Waals surface area contributed by atoms with Crippen LogP contribution in [0.5, 0.6) is 5.75 Å². The Bertz CT molecular complexity index is 1850. The number of ether oxygens (including phenoxy) is 1. The number of hydrogen-bond acceptors (Lipinski definition) is 13. The van der Waals surface area contributed by atoms with Gasteiger partial charge in [-0.25, -0.2) is 5.48 Å². The molecule has 0 aliphatic carbocycles. The van der Waals surface area contributed by atoms with E-state index in [1.54, 1.807) is 41.9 Å². The van der Waals surface area contributed by atoms with E-state index in [0.29, 0.717) is 36.3 Å². The zero-order valence-electron chi connectivity index (χ0n) is 35.5. The first-order valence-electron chi connectivity index (χ1n) is 20.5. The highest BCUT2D eigenvalue weighted by Gasteiger charge is 2.36. The fraction of sp³-hybridized carbons (Fsp3) is 0.524. The summed E-state index contributed by atoms with van der Waals surface area (Å²) in [5, 5.41) is 55.0. The van der Waals surface area contributed by atoms with Crippen molar-refractivity contribution in [3.63, 3.8) is 0 Å². The first-order valence-corrected chi connectivity index (χ1v) is 20.5. The standard InChI is InChI=1S/C42H59N7O14/c1-27(2)18-33-32(41(60)46-62)4-3-17-63-31-11-9-28(10-12-31)19-34(45-40(33)59)42(61)44-21-30-7-5-29(6-8-30)20-43-35(50)22-48(24-37(53)54)15-13-47(23-36(51)52)14-16-49(25-38(55)56)26-39(57)58/h5-12,27,32-34,62H,3-4,13-26H2,1-2H3,(H,43,50)(H,44,61)(H,45,59)(H,46,60)(H,51,52)(H,53,54)(H,55,56)(H,57,58)/t32-,33+,34-/m0/s1. The van der Waals surface area contributed by atoms with Crippen molar-refractivity contribution >= 4 is 47.5 Å². The van der Waals surface area contributed by atoms with E-state index in [0.717, 1.165) is 10.5 Å². The smallest absolute Gasteiger partial charge is 0.317 e. The van der Waals surface area contributed by atoms with Crippen LogP contribution in [0.4, 0.5) is 0 Å². The highest BCUT2D eigenvalue weighted by atomic mass is 16.5. The lowest BCUT2D eigenvalue weighted by Crippen LogP contribution is -2.51. The van der Waals surface area contributed by atoms with E-state index in [2.05, 4.69) is 16.0 Å². The van der Waals surface area contributed by atoms with Crippen molar-refractivity contribution in [3.8, 4) is 5.75 Å². The number of amides is 4. The minimum Gasteiger partial charge on any atom is -0.494 e. The molecule has 0 aromatic heterocycles. The Hall–Kier alpha value is -6.16. The zero-order valence-corrected chi connectivity index (χ0v) is 35.5. The zero-order chi connectivity index (χ0) is 46.5. The van der Waals surface area contributed by atoms with Gasteiger partial charge in [-0.3, -0.25) is 58.3 Å². The number of fused-ring (bicyclic) bond motifs is 11. The number of aliphatic carboxylic acids is 4. The monoisotopic (exact) mass is 885 g/mol. The van der Waals surface area contributed by atoms with Gasteiger partial charge in [0.05, 0.1) is 45.2 Å². The molecule has 21 nitrogen and oxygen atoms in total. The Balaban J connectivity index is 1.61. The second-order valence-corrected chi connectivity index (χ2v) is 15.8. The maximum Gasteiger partial charge on any atom is 0.317 e. The Morgan fingerprint density at radius 1 is 0.698 bits per heavy atom. The number of carbonyl (C=O) groups is 8. The van der Waals surface area contributed by atoms with Gasteiger partial charge in [-0.1, -0.05) is 50.2 Å². The molecule has 346 valence electrons. The third-order valence-corrected chi connectivity index (χ3v) is 10.2. The summed E-state index contributed by atoms with van der Waals surface area (Å²) in [5.74, 6) is -8.17. The normalized spacial score (nSPS) is 16.8. The molecule has 9 N–H and O–H groups in total. The van der Waals surface area contributed by atoms with Crippen molar-refractivity contribution in [1.82, 2.24) is 36.1 Å². The van der Waals surface area contributed by atoms with Gasteiger partial charge in [-0.15, -0.1) is 0 Å². The van der Waals surface area contributed by atoms with Gasteiger partial charge >= 0.3 is 23.9 Å². The lowest BCUT2D eigenvalue weighted by atomic mass is 9.81. The Labute approximate surface area is 364 Å². The SMILES string of the molecule is CC(C)C[C@H]1C(=O)N[C@H](C(=O)NCc2ccc(CNC(=O)CN(CCN(CCN(CC(=O)O)CC(=O)O)CC(=O)O)CC(=O)O)cc2)Cc2ccc(cc2)OCCC[C@@H]1C(=O)NO. The van der Waals surface area contributed by atoms with Gasteiger partial charge in [0.25, 0.3) is 0 Å². The Kier molecular flexibility index (Phi) is 21.4. The molecule has 2 aliphatic heterocycles. The van der Waals surface area contributed by atoms with Crippen LogP contribution in [0.2, 0.25) is 0 Å². The molecule has 2 aromatic carbocycles. The molecular weight excluding hydrogens is 826 g/mol. The van der Waals surface area contributed by atoms with Crippen LogP contribution in [0.3, 0.4) is 0 Å². The van der Waals surface area contributed by atoms with Crippen molar-refractivity contribution in [2.24, 2.45) is 17.8 Å². The molecule has 2 aliphatic rings. The van der Waals surface area contributed by atoms with Gasteiger partial charge < -0.3 is 41.1 Å². The highest BCUT2D eigenvalue weighted by molar-refractivity contribution is 5.91. The fourth-order valence-electron chi connectivity index (χ4n) is 7.07. The van der Waals surface area contributed by atoms with E-state index < -0.39 is 91.6 Å². The molecule has 2 aromatic rings. The maximum absolute atomic E-state index is 13.8. The second-order valence-electron chi connectivity index (χ2n) is 15.8. The van der Waals surface area contributed by atoms with E-state index in [1.807, 2.05) is 26.0 Å². The van der Waals surface area contributed by atoms with E-state index in [-0.39, 0.29) is 64.6 Å². The summed E-state index contributed by atoms with van der Waals surface area (Å²) in [5.41, 5.74) is 3.85. The largest absolute Gasteiger partial charge is 0.494 e. The van der Waals surface area contributed by atoms with Gasteiger partial charge in [0, 0.05) is 51.6 Å². The molecule has 0 radical (unpaired) electrons. The van der Waals surface area contributed by atoms with Gasteiger partial charge in [0.15, 0.2) is 0 Å². The highest BCUT2D eigenvalue weighted by Crippen LogP contribution is 2.27. The first-order chi connectivity index (χ1) is 29.9. The lowest BCUT2D eigenvalue weighted by molar-refractivity contribution is -0.143. The molecule has 0 spiro atoms. The summed E-state index contributed by atoms with van der Waals surface area (Å²) < 4.78 is 5.83. The number of hydrogen-bond donors (Lipinski definition) is 9. The molecule has 0 saturated heterocycles. The van der Waals surface area contributed by atoms with Crippen LogP contribution >= 0.6 is 0 Å². The summed E-state index contributed by atoms with van der Waals surface area (Å²) >= 11 is 0. The van der Waals surface area contributed by atoms with E-state index in [9.17, 15) is 53.8 Å². The van der Waals surface area contributed by atoms with Crippen LogP contribution in [0.25, 0.3) is 0 Å². The van der Waals surface area contributed by atoms with Crippen LogP contribution < -0.4 is 26.2 Å². The number of nitrogens with zero attached hydrogens (tertiary/aromatic N) is 3. The molecular formula is C42H59N7O14. The number of hydroxylamine groups is 1. The van der Waals surface area contributed by atoms with E-state index in [1.165, 1.54) is 9.80 Å². The maximum atomic E-state index is 13.8. The summed E-state index contributed by atoms with van der Waals surface area (Å²) in [6, 6.07) is 13.1. The van der Waals surface area contributed by atoms with Crippen molar-refractivity contribution in [2.45, 2.75) is 58.7 Å². The summed E-state index contributed by atoms with van der Waals surface area (Å²) in [7, 11) is 0. The number of carboxylic acid groups (broad SMARTS) is 4. The quantitative estimate of drug-likeness (QED) is 0.0489. The molecule has 2 bridgehead atoms. The van der Waals surface area contributed by atoms with Gasteiger partial charge in [-0.05, 0) is 54.0 Å². The molecule has 21 heteroatoms. The molecule has 4 rings (SSSR count). The molecule has 2 heterocycles. The van der Waals surface area contributed by atoms with Crippen LogP contribution in [0, 0.1) is 17.8 Å². The van der Waals surface area contributed by atoms with E-state index >= 15 is 0 Å². The van der Waals surface area contributed by atoms with Gasteiger partial charge in [0.1, 0.15) is 11.8 Å². The molecule has 0 fully saturated rings. The molecule has 63 heavy (non-hydrogen) atoms. The Morgan fingerprint density at radius 3 is 1.70 bits per heavy atom. The number of rotatable bonds is 24. The molecule has 3 atom stereocenters. The van der Waals surface area contributed by atoms with Gasteiger partial charge in [-0.2, -0.15) is 0 Å². The number of carbonyl (C=O) groups excluding carboxylic acids is 4. The summed E-state index contributed by atoms with van der Waals surface area (Å²) in [6.45, 7) is 1.59. The molecule has 4 amide bonds. The van der Waals surface area contributed by atoms with E-state index in [4.69, 9.17) is 14.9 Å². The third kappa shape index (κ3) is 19.6. The summed E-state index contributed by atoms with van der Waals surface area (Å²) in [6.07, 6.45) is 1.20. The minimum absolute atomic E-state index is 0.0169. The van der Waals surface area contributed by atoms with Crippen LogP contribution in [0.15, 0.2) is 48.5 Å². The first kappa shape index (κ1) is 51.2. The predicted molar refractivity (Wildman–Crippen MR) is 223 cm³/mol. The topological polar surface area (TPSA) is 305 Å².